The van der Waals surface area contributed by atoms with Crippen molar-refractivity contribution in [1.29, 1.82) is 0 Å². The van der Waals surface area contributed by atoms with Crippen LogP contribution in [-0.4, -0.2) is 11.0 Å². The van der Waals surface area contributed by atoms with Gasteiger partial charge in [0.15, 0.2) is 0 Å². The molecule has 0 aliphatic heterocycles. The van der Waals surface area contributed by atoms with Crippen molar-refractivity contribution in [2.45, 2.75) is 33.1 Å². The minimum Gasteiger partial charge on any atom is -0.508 e. The fourth-order valence-corrected chi connectivity index (χ4v) is 2.36. The Hall–Kier alpha value is -2.29. The Labute approximate surface area is 132 Å². The lowest BCUT2D eigenvalue weighted by Crippen LogP contribution is -2.18. The maximum atomic E-state index is 12.3. The monoisotopic (exact) mass is 297 g/mol. The van der Waals surface area contributed by atoms with E-state index in [-0.39, 0.29) is 17.6 Å². The fraction of sp³-hybridized carbons (Fsp3) is 0.316. The van der Waals surface area contributed by atoms with Crippen LogP contribution >= 0.6 is 0 Å². The smallest absolute Gasteiger partial charge is 0.231 e. The quantitative estimate of drug-likeness (QED) is 0.807. The lowest BCUT2D eigenvalue weighted by molar-refractivity contribution is -0.117. The summed E-state index contributed by atoms with van der Waals surface area (Å²) in [6.07, 6.45) is 1.05. The summed E-state index contributed by atoms with van der Waals surface area (Å²) in [5, 5.41) is 12.1. The van der Waals surface area contributed by atoms with Gasteiger partial charge >= 0.3 is 0 Å². The van der Waals surface area contributed by atoms with Gasteiger partial charge in [0, 0.05) is 5.69 Å². The van der Waals surface area contributed by atoms with Crippen LogP contribution < -0.4 is 5.32 Å². The Morgan fingerprint density at radius 3 is 2.14 bits per heavy atom. The van der Waals surface area contributed by atoms with Crippen LogP contribution in [0.1, 0.15) is 37.8 Å². The summed E-state index contributed by atoms with van der Waals surface area (Å²) >= 11 is 0. The number of phenols is 1. The molecule has 1 atom stereocenters. The number of benzene rings is 2. The molecule has 0 saturated heterocycles. The molecule has 3 heteroatoms. The van der Waals surface area contributed by atoms with Gasteiger partial charge in [0.1, 0.15) is 5.75 Å². The number of carbonyl (C=O) groups excluding carboxylic acids is 1. The highest BCUT2D eigenvalue weighted by atomic mass is 16.3. The van der Waals surface area contributed by atoms with E-state index in [0.717, 1.165) is 12.0 Å². The van der Waals surface area contributed by atoms with Gasteiger partial charge in [0.25, 0.3) is 0 Å². The molecule has 2 aromatic rings. The van der Waals surface area contributed by atoms with Crippen LogP contribution in [0.4, 0.5) is 5.69 Å². The molecule has 0 radical (unpaired) electrons. The number of anilines is 1. The highest BCUT2D eigenvalue weighted by Gasteiger charge is 2.15. The molecule has 0 bridgehead atoms. The van der Waals surface area contributed by atoms with Gasteiger partial charge < -0.3 is 10.4 Å². The predicted molar refractivity (Wildman–Crippen MR) is 90.1 cm³/mol. The summed E-state index contributed by atoms with van der Waals surface area (Å²) in [4.78, 5) is 12.3. The van der Waals surface area contributed by atoms with Crippen molar-refractivity contribution < 1.29 is 9.90 Å². The lowest BCUT2D eigenvalue weighted by atomic mass is 9.96. The first-order valence-corrected chi connectivity index (χ1v) is 7.64. The van der Waals surface area contributed by atoms with E-state index in [1.165, 1.54) is 5.56 Å². The number of hydrogen-bond donors (Lipinski definition) is 2. The van der Waals surface area contributed by atoms with E-state index in [0.29, 0.717) is 11.6 Å². The third-order valence-corrected chi connectivity index (χ3v) is 3.65. The predicted octanol–water partition coefficient (Wildman–Crippen LogP) is 4.33. The summed E-state index contributed by atoms with van der Waals surface area (Å²) in [7, 11) is 0. The number of carbonyl (C=O) groups is 1. The summed E-state index contributed by atoms with van der Waals surface area (Å²) in [5.74, 6) is 0.539. The molecule has 0 aliphatic rings. The van der Waals surface area contributed by atoms with E-state index in [1.807, 2.05) is 19.1 Å². The number of hydrogen-bond acceptors (Lipinski definition) is 2. The van der Waals surface area contributed by atoms with E-state index in [1.54, 1.807) is 24.3 Å². The van der Waals surface area contributed by atoms with Crippen LogP contribution in [0.15, 0.2) is 48.5 Å². The van der Waals surface area contributed by atoms with E-state index in [9.17, 15) is 9.90 Å². The van der Waals surface area contributed by atoms with Gasteiger partial charge in [-0.1, -0.05) is 38.1 Å². The van der Waals surface area contributed by atoms with E-state index < -0.39 is 0 Å². The average molecular weight is 297 g/mol. The third-order valence-electron chi connectivity index (χ3n) is 3.65. The second-order valence-electron chi connectivity index (χ2n) is 6.10. The molecular weight excluding hydrogens is 274 g/mol. The molecule has 1 amide bonds. The molecule has 0 aromatic heterocycles. The lowest BCUT2D eigenvalue weighted by Gasteiger charge is -2.14. The van der Waals surface area contributed by atoms with Crippen LogP contribution in [0, 0.1) is 5.92 Å². The summed E-state index contributed by atoms with van der Waals surface area (Å²) < 4.78 is 0. The molecule has 2 aromatic carbocycles. The number of phenolic OH excluding ortho intramolecular Hbond substituents is 1. The van der Waals surface area contributed by atoms with Gasteiger partial charge in [0.2, 0.25) is 5.91 Å². The molecule has 2 N–H and O–H groups in total. The minimum atomic E-state index is -0.220. The topological polar surface area (TPSA) is 49.3 Å². The van der Waals surface area contributed by atoms with Crippen molar-refractivity contribution in [3.05, 3.63) is 59.7 Å². The molecular formula is C19H23NO2. The van der Waals surface area contributed by atoms with Crippen LogP contribution in [-0.2, 0) is 11.2 Å². The van der Waals surface area contributed by atoms with Crippen LogP contribution in [0.2, 0.25) is 0 Å². The van der Waals surface area contributed by atoms with Crippen molar-refractivity contribution in [1.82, 2.24) is 0 Å². The van der Waals surface area contributed by atoms with Crippen molar-refractivity contribution in [3.63, 3.8) is 0 Å². The summed E-state index contributed by atoms with van der Waals surface area (Å²) in [6.45, 7) is 6.29. The summed E-state index contributed by atoms with van der Waals surface area (Å²) in [6, 6.07) is 14.7. The second-order valence-corrected chi connectivity index (χ2v) is 6.10. The average Bonchev–Trinajstić information content (AvgIpc) is 2.49. The highest BCUT2D eigenvalue weighted by Crippen LogP contribution is 2.20. The molecule has 2 rings (SSSR count). The van der Waals surface area contributed by atoms with E-state index in [4.69, 9.17) is 0 Å². The molecule has 0 saturated carbocycles. The first-order valence-electron chi connectivity index (χ1n) is 7.64. The second kappa shape index (κ2) is 7.12. The van der Waals surface area contributed by atoms with Gasteiger partial charge in [-0.3, -0.25) is 4.79 Å². The number of rotatable bonds is 5. The molecule has 0 spiro atoms. The van der Waals surface area contributed by atoms with Gasteiger partial charge in [-0.25, -0.2) is 0 Å². The molecule has 116 valence electrons. The zero-order valence-corrected chi connectivity index (χ0v) is 13.3. The zero-order chi connectivity index (χ0) is 16.1. The first-order chi connectivity index (χ1) is 10.5. The van der Waals surface area contributed by atoms with E-state index in [2.05, 4.69) is 31.3 Å². The Bertz CT molecular complexity index is 615. The van der Waals surface area contributed by atoms with Gasteiger partial charge in [-0.05, 0) is 54.7 Å². The Kier molecular flexibility index (Phi) is 5.21. The Morgan fingerprint density at radius 2 is 1.59 bits per heavy atom. The van der Waals surface area contributed by atoms with Crippen molar-refractivity contribution in [2.75, 3.05) is 5.32 Å². The maximum Gasteiger partial charge on any atom is 0.231 e. The molecule has 3 nitrogen and oxygen atoms in total. The third kappa shape index (κ3) is 4.35. The first kappa shape index (κ1) is 16.1. The Morgan fingerprint density at radius 1 is 1.00 bits per heavy atom. The number of aromatic hydroxyl groups is 1. The number of amides is 1. The highest BCUT2D eigenvalue weighted by molar-refractivity contribution is 5.95. The van der Waals surface area contributed by atoms with E-state index >= 15 is 0 Å². The summed E-state index contributed by atoms with van der Waals surface area (Å²) in [5.41, 5.74) is 2.99. The zero-order valence-electron chi connectivity index (χ0n) is 13.3. The molecule has 0 aliphatic carbocycles. The SMILES string of the molecule is CC(C)Cc1ccc([C@H](C)C(=O)Nc2ccc(O)cc2)cc1. The van der Waals surface area contributed by atoms with Crippen molar-refractivity contribution in [2.24, 2.45) is 5.92 Å². The normalized spacial score (nSPS) is 12.2. The Balaban J connectivity index is 2.02. The van der Waals surface area contributed by atoms with Crippen LogP contribution in [0.3, 0.4) is 0 Å². The maximum absolute atomic E-state index is 12.3. The van der Waals surface area contributed by atoms with Gasteiger partial charge in [0.05, 0.1) is 5.92 Å². The fourth-order valence-electron chi connectivity index (χ4n) is 2.36. The van der Waals surface area contributed by atoms with Crippen LogP contribution in [0.25, 0.3) is 0 Å². The molecule has 22 heavy (non-hydrogen) atoms. The minimum absolute atomic E-state index is 0.0534. The largest absolute Gasteiger partial charge is 0.508 e. The number of nitrogens with one attached hydrogen (secondary N) is 1. The van der Waals surface area contributed by atoms with Crippen molar-refractivity contribution in [3.8, 4) is 5.75 Å². The van der Waals surface area contributed by atoms with Crippen molar-refractivity contribution >= 4 is 11.6 Å². The molecule has 0 fully saturated rings. The van der Waals surface area contributed by atoms with Gasteiger partial charge in [-0.15, -0.1) is 0 Å². The molecule has 0 heterocycles. The van der Waals surface area contributed by atoms with Gasteiger partial charge in [-0.2, -0.15) is 0 Å². The van der Waals surface area contributed by atoms with Crippen LogP contribution in [0.5, 0.6) is 5.75 Å². The molecule has 0 unspecified atom stereocenters. The standard InChI is InChI=1S/C19H23NO2/c1-13(2)12-15-4-6-16(7-5-15)14(3)19(22)20-17-8-10-18(21)11-9-17/h4-11,13-14,21H,12H2,1-3H3,(H,20,22)/t14-/m0/s1.